The molecule has 3 N–H and O–H groups in total. The topological polar surface area (TPSA) is 121 Å². The molecule has 0 atom stereocenters. The third kappa shape index (κ3) is 5.11. The summed E-state index contributed by atoms with van der Waals surface area (Å²) in [6.07, 6.45) is 4.50. The molecule has 0 saturated heterocycles. The van der Waals surface area contributed by atoms with Gasteiger partial charge in [0.1, 0.15) is 0 Å². The van der Waals surface area contributed by atoms with Crippen LogP contribution in [-0.4, -0.2) is 44.1 Å². The number of aromatic amines is 2. The molecule has 8 bridgehead atoms. The third-order valence-corrected chi connectivity index (χ3v) is 8.17. The van der Waals surface area contributed by atoms with Gasteiger partial charge in [-0.15, -0.1) is 0 Å². The Labute approximate surface area is 244 Å². The van der Waals surface area contributed by atoms with E-state index in [2.05, 4.69) is 23.1 Å². The fraction of sp³-hybridized carbons (Fsp3) is 0.235. The predicted molar refractivity (Wildman–Crippen MR) is 168 cm³/mol. The van der Waals surface area contributed by atoms with Gasteiger partial charge in [-0.05, 0) is 91.8 Å². The normalized spacial score (nSPS) is 13.0. The van der Waals surface area contributed by atoms with Crippen LogP contribution in [0, 0.1) is 13.8 Å². The zero-order valence-corrected chi connectivity index (χ0v) is 24.4. The molecule has 8 nitrogen and oxygen atoms in total. The summed E-state index contributed by atoms with van der Waals surface area (Å²) in [7, 11) is 0. The first-order chi connectivity index (χ1) is 20.2. The Hall–Kier alpha value is -4.98. The minimum Gasteiger partial charge on any atom is -0.481 e. The van der Waals surface area contributed by atoms with Gasteiger partial charge in [-0.25, -0.2) is 9.97 Å². The second-order valence-electron chi connectivity index (χ2n) is 10.6. The molecule has 2 aliphatic heterocycles. The number of H-pyrrole nitrogens is 2. The maximum Gasteiger partial charge on any atom is 0.303 e. The lowest BCUT2D eigenvalue weighted by atomic mass is 10.0. The number of carbonyl (C=O) groups is 2. The highest BCUT2D eigenvalue weighted by Crippen LogP contribution is 2.36. The second-order valence-corrected chi connectivity index (χ2v) is 10.6. The molecular formula is C34H34N4O4. The van der Waals surface area contributed by atoms with E-state index in [9.17, 15) is 14.7 Å². The van der Waals surface area contributed by atoms with E-state index in [1.807, 2.05) is 64.1 Å². The van der Waals surface area contributed by atoms with Gasteiger partial charge in [0.05, 0.1) is 29.4 Å². The number of aromatic nitrogens is 4. The molecule has 42 heavy (non-hydrogen) atoms. The van der Waals surface area contributed by atoms with Crippen molar-refractivity contribution in [1.29, 1.82) is 0 Å². The molecule has 0 fully saturated rings. The Morgan fingerprint density at radius 2 is 1.45 bits per heavy atom. The van der Waals surface area contributed by atoms with Crippen molar-refractivity contribution in [2.45, 2.75) is 47.0 Å². The van der Waals surface area contributed by atoms with Gasteiger partial charge in [-0.3, -0.25) is 9.59 Å². The quantitative estimate of drug-likeness (QED) is 0.187. The molecule has 3 aromatic heterocycles. The molecule has 8 heteroatoms. The molecule has 214 valence electrons. The van der Waals surface area contributed by atoms with Crippen LogP contribution in [0.1, 0.15) is 71.7 Å². The number of carbonyl (C=O) groups excluding carboxylic acids is 1. The number of fused-ring (bicyclic) bond motifs is 8. The van der Waals surface area contributed by atoms with E-state index < -0.39 is 5.97 Å². The van der Waals surface area contributed by atoms with Crippen LogP contribution in [0.3, 0.4) is 0 Å². The maximum atomic E-state index is 11.5. The molecule has 0 saturated carbocycles. The highest BCUT2D eigenvalue weighted by Gasteiger charge is 2.20. The highest BCUT2D eigenvalue weighted by atomic mass is 16.5. The van der Waals surface area contributed by atoms with Crippen LogP contribution in [0.4, 0.5) is 0 Å². The van der Waals surface area contributed by atoms with Crippen molar-refractivity contribution >= 4 is 62.9 Å². The summed E-state index contributed by atoms with van der Waals surface area (Å²) in [6, 6.07) is 8.02. The van der Waals surface area contributed by atoms with Crippen molar-refractivity contribution in [3.63, 3.8) is 0 Å². The number of aryl methyl sites for hydroxylation is 3. The highest BCUT2D eigenvalue weighted by molar-refractivity contribution is 5.98. The molecule has 0 amide bonds. The summed E-state index contributed by atoms with van der Waals surface area (Å²) in [5.41, 5.74) is 14.3. The van der Waals surface area contributed by atoms with Crippen molar-refractivity contribution in [1.82, 2.24) is 19.9 Å². The van der Waals surface area contributed by atoms with Crippen molar-refractivity contribution in [2.75, 3.05) is 6.61 Å². The number of ether oxygens (including phenoxy) is 1. The number of nitrogens with one attached hydrogen (secondary N) is 2. The average molecular weight is 563 g/mol. The zero-order chi connectivity index (χ0) is 30.1. The molecule has 5 heterocycles. The van der Waals surface area contributed by atoms with E-state index in [1.54, 1.807) is 0 Å². The number of allylic oxidation sites excluding steroid dienone is 4. The minimum absolute atomic E-state index is 0.00387. The van der Waals surface area contributed by atoms with Crippen LogP contribution in [0.25, 0.3) is 50.4 Å². The van der Waals surface area contributed by atoms with Gasteiger partial charge >= 0.3 is 5.97 Å². The van der Waals surface area contributed by atoms with Gasteiger partial charge < -0.3 is 19.8 Å². The van der Waals surface area contributed by atoms with Crippen LogP contribution in [-0.2, 0) is 20.7 Å². The summed E-state index contributed by atoms with van der Waals surface area (Å²) in [6.45, 7) is 16.9. The van der Waals surface area contributed by atoms with Gasteiger partial charge in [0.15, 0.2) is 0 Å². The molecule has 0 aromatic carbocycles. The molecule has 0 spiro atoms. The standard InChI is InChI=1S/C34H34N4O4/c1-7-22-18(3)26-13-27-21(6)25(11-12-42-17-39)33(37-27)16-32-24(9-10-34(40)41)20(5)29(38-32)15-31-23(8-2)19(4)28(36-31)14-30(22)35-26/h7-8,13-17,35,38H,1-2,9-12H2,3-6H3,(H,40,41). The Balaban J connectivity index is 1.93. The van der Waals surface area contributed by atoms with Crippen molar-refractivity contribution in [2.24, 2.45) is 0 Å². The Bertz CT molecular complexity index is 1880. The Kier molecular flexibility index (Phi) is 7.81. The molecule has 3 aromatic rings. The summed E-state index contributed by atoms with van der Waals surface area (Å²) in [5, 5.41) is 9.46. The third-order valence-electron chi connectivity index (χ3n) is 8.17. The SMILES string of the molecule is C=CC1=C(C)c2cc3[nH]c(cc4nc(cc5[nH]c(cc1n2)c(C)c5CCC(=O)O)C(CCOC=O)=C4C)c(C)c3C=C. The average Bonchev–Trinajstić information content (AvgIpc) is 3.61. The first-order valence-corrected chi connectivity index (χ1v) is 13.8. The van der Waals surface area contributed by atoms with Crippen LogP contribution in [0.15, 0.2) is 43.5 Å². The summed E-state index contributed by atoms with van der Waals surface area (Å²) < 4.78 is 5.04. The smallest absolute Gasteiger partial charge is 0.303 e. The number of carboxylic acid groups (broad SMARTS) is 1. The summed E-state index contributed by atoms with van der Waals surface area (Å²) in [4.78, 5) is 39.5. The summed E-state index contributed by atoms with van der Waals surface area (Å²) in [5.74, 6) is -0.863. The fourth-order valence-electron chi connectivity index (χ4n) is 5.75. The molecule has 0 radical (unpaired) electrons. The lowest BCUT2D eigenvalue weighted by Crippen LogP contribution is -1.98. The van der Waals surface area contributed by atoms with Gasteiger partial charge in [0.2, 0.25) is 0 Å². The number of rotatable bonds is 9. The van der Waals surface area contributed by atoms with Crippen molar-refractivity contribution in [3.05, 3.63) is 88.5 Å². The number of hydrogen-bond acceptors (Lipinski definition) is 5. The Morgan fingerprint density at radius 3 is 2.14 bits per heavy atom. The van der Waals surface area contributed by atoms with E-state index in [0.29, 0.717) is 19.3 Å². The van der Waals surface area contributed by atoms with E-state index in [0.717, 1.165) is 89.4 Å². The van der Waals surface area contributed by atoms with E-state index in [4.69, 9.17) is 14.7 Å². The lowest BCUT2D eigenvalue weighted by Gasteiger charge is -2.04. The monoisotopic (exact) mass is 562 g/mol. The number of hydrogen-bond donors (Lipinski definition) is 3. The minimum atomic E-state index is -0.863. The van der Waals surface area contributed by atoms with E-state index >= 15 is 0 Å². The number of carboxylic acids is 1. The van der Waals surface area contributed by atoms with Crippen LogP contribution in [0.2, 0.25) is 0 Å². The predicted octanol–water partition coefficient (Wildman–Crippen LogP) is 7.20. The number of nitrogens with zero attached hydrogens (tertiary/aromatic N) is 2. The largest absolute Gasteiger partial charge is 0.481 e. The molecule has 0 aliphatic carbocycles. The Morgan fingerprint density at radius 1 is 0.833 bits per heavy atom. The fourth-order valence-corrected chi connectivity index (χ4v) is 5.75. The van der Waals surface area contributed by atoms with Crippen molar-refractivity contribution in [3.8, 4) is 0 Å². The maximum absolute atomic E-state index is 11.5. The zero-order valence-electron chi connectivity index (χ0n) is 24.4. The molecule has 2 aliphatic rings. The number of aliphatic carboxylic acids is 1. The van der Waals surface area contributed by atoms with Crippen LogP contribution < -0.4 is 0 Å². The van der Waals surface area contributed by atoms with Gasteiger partial charge in [-0.2, -0.15) is 0 Å². The second kappa shape index (κ2) is 11.5. The van der Waals surface area contributed by atoms with E-state index in [1.165, 1.54) is 0 Å². The van der Waals surface area contributed by atoms with Gasteiger partial charge in [-0.1, -0.05) is 25.3 Å². The van der Waals surface area contributed by atoms with Crippen LogP contribution >= 0.6 is 0 Å². The lowest BCUT2D eigenvalue weighted by molar-refractivity contribution is -0.137. The van der Waals surface area contributed by atoms with E-state index in [-0.39, 0.29) is 13.0 Å². The van der Waals surface area contributed by atoms with Crippen molar-refractivity contribution < 1.29 is 19.4 Å². The molecule has 0 unspecified atom stereocenters. The van der Waals surface area contributed by atoms with Crippen LogP contribution in [0.5, 0.6) is 0 Å². The van der Waals surface area contributed by atoms with Gasteiger partial charge in [0.25, 0.3) is 6.47 Å². The first kappa shape index (κ1) is 28.5. The molecule has 5 rings (SSSR count). The molecular weight excluding hydrogens is 528 g/mol. The summed E-state index contributed by atoms with van der Waals surface area (Å²) >= 11 is 0. The first-order valence-electron chi connectivity index (χ1n) is 13.8. The van der Waals surface area contributed by atoms with Gasteiger partial charge in [0, 0.05) is 46.0 Å².